The Bertz CT molecular complexity index is 858. The lowest BCUT2D eigenvalue weighted by Crippen LogP contribution is -2.42. The van der Waals surface area contributed by atoms with Crippen LogP contribution in [0.5, 0.6) is 11.5 Å². The molecule has 0 aliphatic heterocycles. The van der Waals surface area contributed by atoms with E-state index in [0.29, 0.717) is 25.2 Å². The van der Waals surface area contributed by atoms with Crippen molar-refractivity contribution in [3.05, 3.63) is 59.2 Å². The molecule has 164 valence electrons. The van der Waals surface area contributed by atoms with Gasteiger partial charge in [0.2, 0.25) is 0 Å². The van der Waals surface area contributed by atoms with Gasteiger partial charge in [0.05, 0.1) is 14.2 Å². The molecule has 0 aliphatic carbocycles. The number of carbonyl (C=O) groups is 1. The van der Waals surface area contributed by atoms with Crippen LogP contribution in [-0.2, 0) is 6.54 Å². The molecule has 0 bridgehead atoms. The fraction of sp³-hybridized carbons (Fsp3) is 0.364. The Morgan fingerprint density at radius 3 is 2.43 bits per heavy atom. The molecule has 0 fully saturated rings. The van der Waals surface area contributed by atoms with Crippen LogP contribution in [-0.4, -0.2) is 58.2 Å². The zero-order chi connectivity index (χ0) is 21.2. The summed E-state index contributed by atoms with van der Waals surface area (Å²) in [6.45, 7) is 3.64. The van der Waals surface area contributed by atoms with Crippen molar-refractivity contribution >= 4 is 35.8 Å². The predicted molar refractivity (Wildman–Crippen MR) is 131 cm³/mol. The zero-order valence-electron chi connectivity index (χ0n) is 18.2. The first kappa shape index (κ1) is 25.5. The van der Waals surface area contributed by atoms with E-state index in [0.717, 1.165) is 28.6 Å². The van der Waals surface area contributed by atoms with Crippen molar-refractivity contribution in [2.45, 2.75) is 13.5 Å². The van der Waals surface area contributed by atoms with E-state index < -0.39 is 0 Å². The molecule has 1 amide bonds. The van der Waals surface area contributed by atoms with Crippen LogP contribution in [0.1, 0.15) is 21.5 Å². The van der Waals surface area contributed by atoms with Crippen molar-refractivity contribution < 1.29 is 14.3 Å². The highest BCUT2D eigenvalue weighted by Crippen LogP contribution is 2.25. The number of benzene rings is 2. The van der Waals surface area contributed by atoms with Crippen LogP contribution >= 0.6 is 24.0 Å². The minimum absolute atomic E-state index is 0. The third kappa shape index (κ3) is 7.40. The Hall–Kier alpha value is -2.49. The van der Waals surface area contributed by atoms with Gasteiger partial charge in [-0.05, 0) is 31.2 Å². The van der Waals surface area contributed by atoms with E-state index >= 15 is 0 Å². The van der Waals surface area contributed by atoms with Crippen molar-refractivity contribution in [2.24, 2.45) is 4.99 Å². The number of aryl methyl sites for hydroxylation is 1. The molecule has 8 heteroatoms. The van der Waals surface area contributed by atoms with Gasteiger partial charge in [-0.25, -0.2) is 0 Å². The third-order valence-corrected chi connectivity index (χ3v) is 4.45. The highest BCUT2D eigenvalue weighted by atomic mass is 127. The van der Waals surface area contributed by atoms with Crippen LogP contribution in [0.4, 0.5) is 0 Å². The van der Waals surface area contributed by atoms with E-state index in [1.807, 2.05) is 61.3 Å². The number of hydrogen-bond donors (Lipinski definition) is 2. The number of rotatable bonds is 8. The molecule has 0 saturated carbocycles. The molecule has 30 heavy (non-hydrogen) atoms. The number of nitrogens with one attached hydrogen (secondary N) is 2. The van der Waals surface area contributed by atoms with Gasteiger partial charge in [-0.15, -0.1) is 24.0 Å². The Kier molecular flexibility index (Phi) is 11.0. The molecule has 0 saturated heterocycles. The Morgan fingerprint density at radius 1 is 1.07 bits per heavy atom. The number of ether oxygens (including phenoxy) is 2. The first-order valence-corrected chi connectivity index (χ1v) is 9.46. The van der Waals surface area contributed by atoms with Crippen LogP contribution in [0.15, 0.2) is 47.5 Å². The lowest BCUT2D eigenvalue weighted by atomic mass is 10.1. The molecule has 0 atom stereocenters. The lowest BCUT2D eigenvalue weighted by molar-refractivity contribution is 0.0954. The van der Waals surface area contributed by atoms with Gasteiger partial charge in [0.25, 0.3) is 5.91 Å². The maximum atomic E-state index is 12.2. The van der Waals surface area contributed by atoms with Crippen LogP contribution in [0.2, 0.25) is 0 Å². The molecule has 2 aromatic rings. The largest absolute Gasteiger partial charge is 0.497 e. The summed E-state index contributed by atoms with van der Waals surface area (Å²) in [5, 5.41) is 6.18. The van der Waals surface area contributed by atoms with E-state index in [4.69, 9.17) is 9.47 Å². The van der Waals surface area contributed by atoms with Gasteiger partial charge in [0.1, 0.15) is 11.5 Å². The highest BCUT2D eigenvalue weighted by Gasteiger charge is 2.11. The van der Waals surface area contributed by atoms with Gasteiger partial charge in [-0.3, -0.25) is 9.79 Å². The number of halogens is 1. The first-order valence-electron chi connectivity index (χ1n) is 9.46. The average Bonchev–Trinajstić information content (AvgIpc) is 2.73. The number of carbonyl (C=O) groups excluding carboxylic acids is 1. The van der Waals surface area contributed by atoms with Crippen LogP contribution < -0.4 is 20.1 Å². The van der Waals surface area contributed by atoms with E-state index in [-0.39, 0.29) is 29.9 Å². The maximum Gasteiger partial charge on any atom is 0.251 e. The number of nitrogens with zero attached hydrogens (tertiary/aromatic N) is 2. The third-order valence-electron chi connectivity index (χ3n) is 4.45. The first-order chi connectivity index (χ1) is 14.0. The summed E-state index contributed by atoms with van der Waals surface area (Å²) in [5.41, 5.74) is 2.75. The zero-order valence-corrected chi connectivity index (χ0v) is 20.5. The molecule has 2 aromatic carbocycles. The number of aliphatic imine (C=N–C) groups is 1. The van der Waals surface area contributed by atoms with Crippen LogP contribution in [0, 0.1) is 6.92 Å². The molecule has 0 heterocycles. The van der Waals surface area contributed by atoms with Crippen LogP contribution in [0.3, 0.4) is 0 Å². The van der Waals surface area contributed by atoms with Gasteiger partial charge in [-0.2, -0.15) is 0 Å². The summed E-state index contributed by atoms with van der Waals surface area (Å²) in [7, 11) is 6.95. The van der Waals surface area contributed by atoms with Gasteiger partial charge in [-0.1, -0.05) is 17.7 Å². The Morgan fingerprint density at radius 2 is 1.80 bits per heavy atom. The monoisotopic (exact) mass is 526 g/mol. The topological polar surface area (TPSA) is 75.2 Å². The number of amides is 1. The molecule has 0 radical (unpaired) electrons. The summed E-state index contributed by atoms with van der Waals surface area (Å²) >= 11 is 0. The second-order valence-electron chi connectivity index (χ2n) is 6.63. The molecule has 0 aliphatic rings. The molecule has 2 rings (SSSR count). The molecule has 2 N–H and O–H groups in total. The van der Waals surface area contributed by atoms with Crippen LogP contribution in [0.25, 0.3) is 0 Å². The number of guanidine groups is 1. The van der Waals surface area contributed by atoms with E-state index in [1.165, 1.54) is 0 Å². The number of hydrogen-bond acceptors (Lipinski definition) is 4. The van der Waals surface area contributed by atoms with Gasteiger partial charge >= 0.3 is 0 Å². The van der Waals surface area contributed by atoms with E-state index in [1.54, 1.807) is 21.3 Å². The summed E-state index contributed by atoms with van der Waals surface area (Å²) in [4.78, 5) is 18.5. The molecule has 0 aromatic heterocycles. The van der Waals surface area contributed by atoms with Gasteiger partial charge in [0.15, 0.2) is 5.96 Å². The van der Waals surface area contributed by atoms with Gasteiger partial charge < -0.3 is 25.0 Å². The van der Waals surface area contributed by atoms with Crippen molar-refractivity contribution in [3.8, 4) is 11.5 Å². The standard InChI is InChI=1S/C22H30N4O3.HI/c1-16-7-6-8-17(13-16)21(27)24-11-12-25-22(23-2)26(3)15-18-9-10-19(28-4)14-20(18)29-5;/h6-10,13-14H,11-12,15H2,1-5H3,(H,23,25)(H,24,27);1H. The molecule has 0 unspecified atom stereocenters. The van der Waals surface area contributed by atoms with Gasteiger partial charge in [0, 0.05) is 50.9 Å². The molecule has 0 spiro atoms. The normalized spacial score (nSPS) is 10.6. The minimum Gasteiger partial charge on any atom is -0.497 e. The average molecular weight is 526 g/mol. The fourth-order valence-electron chi connectivity index (χ4n) is 2.94. The minimum atomic E-state index is -0.0817. The molecule has 7 nitrogen and oxygen atoms in total. The maximum absolute atomic E-state index is 12.2. The van der Waals surface area contributed by atoms with Crippen molar-refractivity contribution in [3.63, 3.8) is 0 Å². The second kappa shape index (κ2) is 12.9. The molecular formula is C22H31IN4O3. The Balaban J connectivity index is 0.00000450. The highest BCUT2D eigenvalue weighted by molar-refractivity contribution is 14.0. The summed E-state index contributed by atoms with van der Waals surface area (Å²) in [5.74, 6) is 2.16. The van der Waals surface area contributed by atoms with Crippen molar-refractivity contribution in [1.82, 2.24) is 15.5 Å². The Labute approximate surface area is 195 Å². The quantitative estimate of drug-likeness (QED) is 0.240. The van der Waals surface area contributed by atoms with Crippen molar-refractivity contribution in [1.29, 1.82) is 0 Å². The number of methoxy groups -OCH3 is 2. The van der Waals surface area contributed by atoms with E-state index in [2.05, 4.69) is 15.6 Å². The SMILES string of the molecule is CN=C(NCCNC(=O)c1cccc(C)c1)N(C)Cc1ccc(OC)cc1OC.I. The summed E-state index contributed by atoms with van der Waals surface area (Å²) in [6.07, 6.45) is 0. The summed E-state index contributed by atoms with van der Waals surface area (Å²) in [6, 6.07) is 13.3. The predicted octanol–water partition coefficient (Wildman–Crippen LogP) is 3.07. The van der Waals surface area contributed by atoms with Crippen molar-refractivity contribution in [2.75, 3.05) is 41.4 Å². The van der Waals surface area contributed by atoms with E-state index in [9.17, 15) is 4.79 Å². The molecular weight excluding hydrogens is 495 g/mol. The second-order valence-corrected chi connectivity index (χ2v) is 6.63. The lowest BCUT2D eigenvalue weighted by Gasteiger charge is -2.23. The smallest absolute Gasteiger partial charge is 0.251 e. The fourth-order valence-corrected chi connectivity index (χ4v) is 2.94. The summed E-state index contributed by atoms with van der Waals surface area (Å²) < 4.78 is 10.7.